The monoisotopic (exact) mass is 462 g/mol. The van der Waals surface area contributed by atoms with E-state index in [0.29, 0.717) is 13.0 Å². The molecule has 3 rings (SSSR count). The molecule has 0 fully saturated rings. The van der Waals surface area contributed by atoms with Crippen LogP contribution in [0.25, 0.3) is 11.1 Å². The van der Waals surface area contributed by atoms with Gasteiger partial charge in [0.1, 0.15) is 23.4 Å². The van der Waals surface area contributed by atoms with Gasteiger partial charge in [0.15, 0.2) is 0 Å². The molecule has 5 heteroatoms. The lowest BCUT2D eigenvalue weighted by molar-refractivity contribution is -0.136. The van der Waals surface area contributed by atoms with E-state index in [-0.39, 0.29) is 12.5 Å². The lowest BCUT2D eigenvalue weighted by Crippen LogP contribution is -2.19. The summed E-state index contributed by atoms with van der Waals surface area (Å²) in [5.41, 5.74) is 4.36. The van der Waals surface area contributed by atoms with E-state index in [9.17, 15) is 4.79 Å². The van der Waals surface area contributed by atoms with Gasteiger partial charge in [0.25, 0.3) is 0 Å². The van der Waals surface area contributed by atoms with Crippen LogP contribution in [0.1, 0.15) is 43.7 Å². The summed E-state index contributed by atoms with van der Waals surface area (Å²) in [6, 6.07) is 22.0. The van der Waals surface area contributed by atoms with Crippen LogP contribution in [0.3, 0.4) is 0 Å². The van der Waals surface area contributed by atoms with Crippen molar-refractivity contribution < 1.29 is 24.1 Å². The Balaban J connectivity index is 1.53. The number of hydrogen-bond donors (Lipinski definition) is 1. The molecule has 34 heavy (non-hydrogen) atoms. The van der Waals surface area contributed by atoms with Crippen LogP contribution in [0.4, 0.5) is 0 Å². The second kappa shape index (κ2) is 12.7. The van der Waals surface area contributed by atoms with Crippen molar-refractivity contribution in [2.45, 2.75) is 52.1 Å². The number of carboxylic acids is 1. The van der Waals surface area contributed by atoms with Crippen LogP contribution in [0.2, 0.25) is 0 Å². The Hall–Kier alpha value is -3.47. The Morgan fingerprint density at radius 1 is 0.882 bits per heavy atom. The summed E-state index contributed by atoms with van der Waals surface area (Å²) in [6.45, 7) is 4.70. The minimum Gasteiger partial charge on any atom is -0.497 e. The molecule has 5 nitrogen and oxygen atoms in total. The summed E-state index contributed by atoms with van der Waals surface area (Å²) in [6.07, 6.45) is 3.52. The van der Waals surface area contributed by atoms with E-state index in [2.05, 4.69) is 19.1 Å². The van der Waals surface area contributed by atoms with Gasteiger partial charge in [0.05, 0.1) is 13.7 Å². The van der Waals surface area contributed by atoms with Crippen molar-refractivity contribution in [1.29, 1.82) is 0 Å². The topological polar surface area (TPSA) is 65.0 Å². The zero-order valence-corrected chi connectivity index (χ0v) is 20.3. The molecule has 0 aromatic heterocycles. The Morgan fingerprint density at radius 2 is 1.50 bits per heavy atom. The van der Waals surface area contributed by atoms with E-state index in [1.807, 2.05) is 61.5 Å². The van der Waals surface area contributed by atoms with Gasteiger partial charge in [-0.05, 0) is 78.4 Å². The third-order valence-corrected chi connectivity index (χ3v) is 5.82. The average Bonchev–Trinajstić information content (AvgIpc) is 2.84. The lowest BCUT2D eigenvalue weighted by atomic mass is 10.0. The summed E-state index contributed by atoms with van der Waals surface area (Å²) >= 11 is 0. The molecule has 0 amide bonds. The summed E-state index contributed by atoms with van der Waals surface area (Å²) in [7, 11) is 1.67. The molecule has 0 bridgehead atoms. The molecule has 0 radical (unpaired) electrons. The number of carbonyl (C=O) groups is 1. The van der Waals surface area contributed by atoms with Crippen LogP contribution in [-0.2, 0) is 11.2 Å². The minimum atomic E-state index is -0.780. The first-order valence-corrected chi connectivity index (χ1v) is 11.8. The lowest BCUT2D eigenvalue weighted by Gasteiger charge is -2.19. The first kappa shape index (κ1) is 25.2. The number of methoxy groups -OCH3 is 1. The first-order chi connectivity index (χ1) is 16.5. The smallest absolute Gasteiger partial charge is 0.303 e. The Bertz CT molecular complexity index is 1040. The van der Waals surface area contributed by atoms with Crippen LogP contribution >= 0.6 is 0 Å². The number of carboxylic acid groups (broad SMARTS) is 1. The van der Waals surface area contributed by atoms with E-state index in [1.54, 1.807) is 7.11 Å². The van der Waals surface area contributed by atoms with Gasteiger partial charge in [-0.15, -0.1) is 0 Å². The Kier molecular flexibility index (Phi) is 9.39. The Labute approximate surface area is 202 Å². The molecule has 0 saturated carbocycles. The third-order valence-electron chi connectivity index (χ3n) is 5.82. The summed E-state index contributed by atoms with van der Waals surface area (Å²) in [5.74, 6) is 1.72. The van der Waals surface area contributed by atoms with Gasteiger partial charge in [-0.3, -0.25) is 4.79 Å². The predicted octanol–water partition coefficient (Wildman–Crippen LogP) is 6.70. The molecule has 1 N–H and O–H groups in total. The van der Waals surface area contributed by atoms with Crippen molar-refractivity contribution in [1.82, 2.24) is 0 Å². The molecule has 0 spiro atoms. The van der Waals surface area contributed by atoms with Gasteiger partial charge >= 0.3 is 5.97 Å². The van der Waals surface area contributed by atoms with Crippen LogP contribution in [0.15, 0.2) is 66.7 Å². The normalized spacial score (nSPS) is 11.6. The largest absolute Gasteiger partial charge is 0.497 e. The number of rotatable bonds is 13. The molecule has 0 aliphatic carbocycles. The maximum Gasteiger partial charge on any atom is 0.303 e. The second-order valence-electron chi connectivity index (χ2n) is 8.40. The van der Waals surface area contributed by atoms with E-state index in [1.165, 1.54) is 0 Å². The van der Waals surface area contributed by atoms with Gasteiger partial charge in [-0.25, -0.2) is 0 Å². The van der Waals surface area contributed by atoms with Crippen LogP contribution in [0.5, 0.6) is 17.2 Å². The fraction of sp³-hybridized carbons (Fsp3) is 0.345. The SMILES string of the molecule is CCCC(CCOc1ccc(CCC(=O)O)c(C)c1)Oc1ccc(-c2ccc(OC)cc2)cc1. The number of ether oxygens (including phenoxy) is 3. The molecule has 1 unspecified atom stereocenters. The van der Waals surface area contributed by atoms with Gasteiger partial charge in [-0.1, -0.05) is 43.7 Å². The van der Waals surface area contributed by atoms with Crippen molar-refractivity contribution >= 4 is 5.97 Å². The molecular formula is C29H34O5. The van der Waals surface area contributed by atoms with E-state index < -0.39 is 5.97 Å². The molecule has 0 heterocycles. The van der Waals surface area contributed by atoms with Crippen LogP contribution < -0.4 is 14.2 Å². The molecule has 0 aliphatic rings. The van der Waals surface area contributed by atoms with Gasteiger partial charge < -0.3 is 19.3 Å². The van der Waals surface area contributed by atoms with Crippen molar-refractivity contribution in [3.8, 4) is 28.4 Å². The zero-order valence-electron chi connectivity index (χ0n) is 20.3. The summed E-state index contributed by atoms with van der Waals surface area (Å²) < 4.78 is 17.5. The number of hydrogen-bond acceptors (Lipinski definition) is 4. The van der Waals surface area contributed by atoms with Gasteiger partial charge in [0.2, 0.25) is 0 Å². The molecule has 180 valence electrons. The van der Waals surface area contributed by atoms with Gasteiger partial charge in [0, 0.05) is 12.8 Å². The molecule has 0 aliphatic heterocycles. The summed E-state index contributed by atoms with van der Waals surface area (Å²) in [5, 5.41) is 8.88. The molecule has 1 atom stereocenters. The average molecular weight is 463 g/mol. The maximum absolute atomic E-state index is 10.8. The van der Waals surface area contributed by atoms with Crippen molar-refractivity contribution in [2.75, 3.05) is 13.7 Å². The van der Waals surface area contributed by atoms with Crippen molar-refractivity contribution in [3.63, 3.8) is 0 Å². The van der Waals surface area contributed by atoms with E-state index >= 15 is 0 Å². The van der Waals surface area contributed by atoms with Crippen LogP contribution in [0, 0.1) is 6.92 Å². The molecule has 3 aromatic carbocycles. The highest BCUT2D eigenvalue weighted by molar-refractivity contribution is 5.67. The van der Waals surface area contributed by atoms with Crippen LogP contribution in [-0.4, -0.2) is 30.9 Å². The third kappa shape index (κ3) is 7.55. The van der Waals surface area contributed by atoms with E-state index in [4.69, 9.17) is 19.3 Å². The highest BCUT2D eigenvalue weighted by Gasteiger charge is 2.11. The highest BCUT2D eigenvalue weighted by Crippen LogP contribution is 2.26. The minimum absolute atomic E-state index is 0.0766. The van der Waals surface area contributed by atoms with E-state index in [0.717, 1.165) is 58.8 Å². The molecule has 3 aromatic rings. The van der Waals surface area contributed by atoms with Crippen molar-refractivity contribution in [2.24, 2.45) is 0 Å². The number of aliphatic carboxylic acids is 1. The quantitative estimate of drug-likeness (QED) is 0.306. The molecular weight excluding hydrogens is 428 g/mol. The molecule has 0 saturated heterocycles. The summed E-state index contributed by atoms with van der Waals surface area (Å²) in [4.78, 5) is 10.8. The van der Waals surface area contributed by atoms with Gasteiger partial charge in [-0.2, -0.15) is 0 Å². The standard InChI is InChI=1S/C29H34O5/c1-4-5-26(18-19-33-28-16-6-22(21(2)20-28)11-17-29(30)31)34-27-14-9-24(10-15-27)23-7-12-25(32-3)13-8-23/h6-10,12-16,20,26H,4-5,11,17-19H2,1-3H3,(H,30,31). The number of aryl methyl sites for hydroxylation is 2. The maximum atomic E-state index is 10.8. The van der Waals surface area contributed by atoms with Crippen molar-refractivity contribution in [3.05, 3.63) is 77.9 Å². The second-order valence-corrected chi connectivity index (χ2v) is 8.40. The predicted molar refractivity (Wildman–Crippen MR) is 135 cm³/mol. The zero-order chi connectivity index (χ0) is 24.3. The fourth-order valence-corrected chi connectivity index (χ4v) is 3.87. The number of benzene rings is 3. The Morgan fingerprint density at radius 3 is 2.06 bits per heavy atom. The highest BCUT2D eigenvalue weighted by atomic mass is 16.5. The first-order valence-electron chi connectivity index (χ1n) is 11.8. The fourth-order valence-electron chi connectivity index (χ4n) is 3.87.